The Morgan fingerprint density at radius 3 is 2.81 bits per heavy atom. The fourth-order valence-electron chi connectivity index (χ4n) is 2.26. The number of piperidine rings is 1. The van der Waals surface area contributed by atoms with Crippen LogP contribution in [0.3, 0.4) is 0 Å². The number of nitrogens with one attached hydrogen (secondary N) is 1. The molecule has 2 aliphatic heterocycles. The summed E-state index contributed by atoms with van der Waals surface area (Å²) in [5.41, 5.74) is 0.497. The molecule has 0 amide bonds. The number of benzene rings is 1. The number of fused-ring (bicyclic) bond motifs is 1. The zero-order valence-electron chi connectivity index (χ0n) is 8.86. The molecule has 2 saturated heterocycles. The summed E-state index contributed by atoms with van der Waals surface area (Å²) in [6.07, 6.45) is 0.538. The maximum Gasteiger partial charge on any atom is 0.187 e. The second kappa shape index (κ2) is 4.13. The molecule has 2 heterocycles. The van der Waals surface area contributed by atoms with Crippen LogP contribution in [0.15, 0.2) is 24.3 Å². The summed E-state index contributed by atoms with van der Waals surface area (Å²) in [6.45, 7) is 1.73. The van der Waals surface area contributed by atoms with Gasteiger partial charge in [-0.15, -0.1) is 0 Å². The Balaban J connectivity index is 1.80. The van der Waals surface area contributed by atoms with E-state index in [0.29, 0.717) is 5.56 Å². The molecule has 3 rings (SSSR count). The van der Waals surface area contributed by atoms with E-state index < -0.39 is 6.29 Å². The van der Waals surface area contributed by atoms with Crippen LogP contribution >= 0.6 is 0 Å². The normalized spacial score (nSPS) is 33.7. The molecule has 0 aromatic heterocycles. The van der Waals surface area contributed by atoms with Gasteiger partial charge in [0, 0.05) is 12.1 Å². The first-order chi connectivity index (χ1) is 7.84. The minimum atomic E-state index is -0.545. The van der Waals surface area contributed by atoms with Crippen LogP contribution in [0.2, 0.25) is 0 Å². The highest BCUT2D eigenvalue weighted by Crippen LogP contribution is 2.34. The Morgan fingerprint density at radius 1 is 1.19 bits per heavy atom. The van der Waals surface area contributed by atoms with E-state index in [1.807, 2.05) is 0 Å². The molecule has 0 bridgehead atoms. The third-order valence-corrected chi connectivity index (χ3v) is 3.12. The van der Waals surface area contributed by atoms with Crippen molar-refractivity contribution in [2.24, 2.45) is 0 Å². The van der Waals surface area contributed by atoms with Crippen molar-refractivity contribution < 1.29 is 13.9 Å². The van der Waals surface area contributed by atoms with E-state index in [9.17, 15) is 4.39 Å². The van der Waals surface area contributed by atoms with Crippen LogP contribution in [0.1, 0.15) is 18.3 Å². The van der Waals surface area contributed by atoms with Gasteiger partial charge in [-0.25, -0.2) is 4.39 Å². The van der Waals surface area contributed by atoms with E-state index in [1.165, 1.54) is 6.07 Å². The molecular formula is C12H14FNO2. The molecule has 3 nitrogen and oxygen atoms in total. The zero-order chi connectivity index (χ0) is 11.0. The van der Waals surface area contributed by atoms with Crippen LogP contribution in [-0.4, -0.2) is 25.3 Å². The average Bonchev–Trinajstić information content (AvgIpc) is 2.73. The molecule has 2 fully saturated rings. The maximum atomic E-state index is 13.5. The molecular weight excluding hydrogens is 209 g/mol. The molecule has 0 spiro atoms. The molecule has 2 aliphatic rings. The van der Waals surface area contributed by atoms with Crippen LogP contribution in [0, 0.1) is 5.82 Å². The lowest BCUT2D eigenvalue weighted by molar-refractivity contribution is -0.0689. The summed E-state index contributed by atoms with van der Waals surface area (Å²) in [5.74, 6) is -0.265. The van der Waals surface area contributed by atoms with Crippen LogP contribution < -0.4 is 5.32 Å². The lowest BCUT2D eigenvalue weighted by atomic mass is 10.1. The fourth-order valence-corrected chi connectivity index (χ4v) is 2.26. The molecule has 1 N–H and O–H groups in total. The van der Waals surface area contributed by atoms with Gasteiger partial charge in [0.15, 0.2) is 6.29 Å². The predicted molar refractivity (Wildman–Crippen MR) is 56.4 cm³/mol. The summed E-state index contributed by atoms with van der Waals surface area (Å²) >= 11 is 0. The summed E-state index contributed by atoms with van der Waals surface area (Å²) in [4.78, 5) is 0. The Bertz CT molecular complexity index is 371. The number of halogens is 1. The van der Waals surface area contributed by atoms with Crippen molar-refractivity contribution in [3.8, 4) is 0 Å². The van der Waals surface area contributed by atoms with Gasteiger partial charge in [0.2, 0.25) is 0 Å². The first kappa shape index (κ1) is 10.2. The summed E-state index contributed by atoms with van der Waals surface area (Å²) in [5, 5.41) is 3.24. The monoisotopic (exact) mass is 223 g/mol. The Hall–Kier alpha value is -0.970. The van der Waals surface area contributed by atoms with E-state index in [1.54, 1.807) is 18.2 Å². The van der Waals surface area contributed by atoms with E-state index in [0.717, 1.165) is 19.5 Å². The van der Waals surface area contributed by atoms with E-state index in [4.69, 9.17) is 9.47 Å². The zero-order valence-corrected chi connectivity index (χ0v) is 8.86. The quantitative estimate of drug-likeness (QED) is 0.784. The first-order valence-corrected chi connectivity index (χ1v) is 5.60. The van der Waals surface area contributed by atoms with Crippen molar-refractivity contribution in [3.63, 3.8) is 0 Å². The number of ether oxygens (including phenoxy) is 2. The number of hydrogen-bond acceptors (Lipinski definition) is 3. The van der Waals surface area contributed by atoms with Crippen molar-refractivity contribution in [3.05, 3.63) is 35.6 Å². The molecule has 86 valence electrons. The molecule has 0 radical (unpaired) electrons. The van der Waals surface area contributed by atoms with Gasteiger partial charge in [0.1, 0.15) is 5.82 Å². The third kappa shape index (κ3) is 1.73. The molecule has 4 heteroatoms. The first-order valence-electron chi connectivity index (χ1n) is 5.60. The lowest BCUT2D eigenvalue weighted by Crippen LogP contribution is -2.41. The van der Waals surface area contributed by atoms with Crippen LogP contribution in [0.25, 0.3) is 0 Å². The fraction of sp³-hybridized carbons (Fsp3) is 0.500. The van der Waals surface area contributed by atoms with Crippen LogP contribution in [-0.2, 0) is 9.47 Å². The van der Waals surface area contributed by atoms with Crippen molar-refractivity contribution in [2.45, 2.75) is 24.9 Å². The molecule has 0 aliphatic carbocycles. The van der Waals surface area contributed by atoms with Gasteiger partial charge in [-0.1, -0.05) is 18.2 Å². The van der Waals surface area contributed by atoms with E-state index in [2.05, 4.69) is 5.32 Å². The van der Waals surface area contributed by atoms with Gasteiger partial charge < -0.3 is 14.8 Å². The van der Waals surface area contributed by atoms with Crippen LogP contribution in [0.4, 0.5) is 4.39 Å². The van der Waals surface area contributed by atoms with E-state index in [-0.39, 0.29) is 18.0 Å². The number of hydrogen-bond donors (Lipinski definition) is 1. The van der Waals surface area contributed by atoms with E-state index >= 15 is 0 Å². The minimum Gasteiger partial charge on any atom is -0.342 e. The van der Waals surface area contributed by atoms with Gasteiger partial charge in [-0.2, -0.15) is 0 Å². The average molecular weight is 223 g/mol. The summed E-state index contributed by atoms with van der Waals surface area (Å²) in [6, 6.07) is 6.61. The minimum absolute atomic E-state index is 0.0540. The summed E-state index contributed by atoms with van der Waals surface area (Å²) < 4.78 is 25.0. The maximum absolute atomic E-state index is 13.5. The van der Waals surface area contributed by atoms with Crippen molar-refractivity contribution in [1.29, 1.82) is 0 Å². The third-order valence-electron chi connectivity index (χ3n) is 3.12. The predicted octanol–water partition coefficient (Wildman–Crippen LogP) is 1.60. The highest BCUT2D eigenvalue weighted by Gasteiger charge is 2.38. The highest BCUT2D eigenvalue weighted by atomic mass is 19.1. The highest BCUT2D eigenvalue weighted by molar-refractivity contribution is 5.19. The van der Waals surface area contributed by atoms with Gasteiger partial charge in [-0.05, 0) is 19.0 Å². The molecule has 1 aromatic rings. The summed E-state index contributed by atoms with van der Waals surface area (Å²) in [7, 11) is 0. The molecule has 3 atom stereocenters. The standard InChI is InChI=1S/C12H14FNO2/c13-9-4-2-1-3-8(9)12-15-10-5-6-14-7-11(10)16-12/h1-4,10-12,14H,5-7H2. The molecule has 3 unspecified atom stereocenters. The Morgan fingerprint density at radius 2 is 2.00 bits per heavy atom. The smallest absolute Gasteiger partial charge is 0.187 e. The Kier molecular flexibility index (Phi) is 2.63. The van der Waals surface area contributed by atoms with Crippen molar-refractivity contribution >= 4 is 0 Å². The van der Waals surface area contributed by atoms with Crippen molar-refractivity contribution in [2.75, 3.05) is 13.1 Å². The van der Waals surface area contributed by atoms with Gasteiger partial charge in [0.25, 0.3) is 0 Å². The van der Waals surface area contributed by atoms with Gasteiger partial charge >= 0.3 is 0 Å². The second-order valence-electron chi connectivity index (χ2n) is 4.20. The van der Waals surface area contributed by atoms with Crippen LogP contribution in [0.5, 0.6) is 0 Å². The molecule has 0 saturated carbocycles. The largest absolute Gasteiger partial charge is 0.342 e. The number of rotatable bonds is 1. The Labute approximate surface area is 93.6 Å². The van der Waals surface area contributed by atoms with Crippen molar-refractivity contribution in [1.82, 2.24) is 5.32 Å². The molecule has 1 aromatic carbocycles. The van der Waals surface area contributed by atoms with Gasteiger partial charge in [0.05, 0.1) is 12.2 Å². The topological polar surface area (TPSA) is 30.5 Å². The second-order valence-corrected chi connectivity index (χ2v) is 4.20. The SMILES string of the molecule is Fc1ccccc1C1OC2CCNCC2O1. The molecule has 16 heavy (non-hydrogen) atoms. The lowest BCUT2D eigenvalue weighted by Gasteiger charge is -2.22. The van der Waals surface area contributed by atoms with Gasteiger partial charge in [-0.3, -0.25) is 0 Å².